The summed E-state index contributed by atoms with van der Waals surface area (Å²) < 4.78 is 13.5. The summed E-state index contributed by atoms with van der Waals surface area (Å²) >= 11 is 0. The molecular formula is C37H41FN6O2. The van der Waals surface area contributed by atoms with Crippen LogP contribution < -0.4 is 20.9 Å². The van der Waals surface area contributed by atoms with E-state index < -0.39 is 0 Å². The Balaban J connectivity index is 1.23. The van der Waals surface area contributed by atoms with Gasteiger partial charge in [0, 0.05) is 63.3 Å². The van der Waals surface area contributed by atoms with Crippen LogP contribution in [-0.4, -0.2) is 61.0 Å². The molecule has 1 saturated carbocycles. The van der Waals surface area contributed by atoms with Crippen molar-refractivity contribution in [3.8, 4) is 11.1 Å². The van der Waals surface area contributed by atoms with E-state index in [9.17, 15) is 14.0 Å². The zero-order valence-corrected chi connectivity index (χ0v) is 26.1. The molecule has 0 radical (unpaired) electrons. The molecule has 0 spiro atoms. The van der Waals surface area contributed by atoms with Crippen LogP contribution in [0.2, 0.25) is 0 Å². The predicted molar refractivity (Wildman–Crippen MR) is 181 cm³/mol. The Hall–Kier alpha value is -4.76. The highest BCUT2D eigenvalue weighted by Gasteiger charge is 2.27. The fraction of sp³-hybridized carbons (Fsp3) is 0.324. The Kier molecular flexibility index (Phi) is 9.88. The van der Waals surface area contributed by atoms with Crippen LogP contribution in [0.5, 0.6) is 0 Å². The van der Waals surface area contributed by atoms with Crippen LogP contribution in [0.4, 0.5) is 21.5 Å². The maximum atomic E-state index is 13.5. The minimum atomic E-state index is -0.234. The summed E-state index contributed by atoms with van der Waals surface area (Å²) in [6.07, 6.45) is 6.91. The van der Waals surface area contributed by atoms with Gasteiger partial charge in [-0.2, -0.15) is 0 Å². The number of anilines is 3. The second-order valence-electron chi connectivity index (χ2n) is 12.1. The Morgan fingerprint density at radius 3 is 2.37 bits per heavy atom. The molecule has 2 aliphatic rings. The predicted octanol–water partition coefficient (Wildman–Crippen LogP) is 5.94. The van der Waals surface area contributed by atoms with Crippen molar-refractivity contribution in [2.75, 3.05) is 54.4 Å². The number of piperazine rings is 1. The molecule has 3 N–H and O–H groups in total. The van der Waals surface area contributed by atoms with Gasteiger partial charge >= 0.3 is 0 Å². The summed E-state index contributed by atoms with van der Waals surface area (Å²) in [5.41, 5.74) is 12.2. The van der Waals surface area contributed by atoms with Gasteiger partial charge in [-0.3, -0.25) is 14.6 Å². The van der Waals surface area contributed by atoms with Gasteiger partial charge in [0.05, 0.1) is 16.9 Å². The number of carbonyl (C=O) groups excluding carboxylic acids is 2. The molecule has 9 heteroatoms. The highest BCUT2D eigenvalue weighted by Crippen LogP contribution is 2.35. The zero-order chi connectivity index (χ0) is 31.9. The molecule has 1 aliphatic carbocycles. The Morgan fingerprint density at radius 2 is 1.67 bits per heavy atom. The Morgan fingerprint density at radius 1 is 0.913 bits per heavy atom. The molecule has 2 amide bonds. The number of benzene rings is 3. The first-order valence-corrected chi connectivity index (χ1v) is 16.2. The van der Waals surface area contributed by atoms with Gasteiger partial charge in [0.2, 0.25) is 5.91 Å². The van der Waals surface area contributed by atoms with Crippen LogP contribution in [0, 0.1) is 11.7 Å². The van der Waals surface area contributed by atoms with Crippen molar-refractivity contribution in [2.24, 2.45) is 11.7 Å². The summed E-state index contributed by atoms with van der Waals surface area (Å²) in [6, 6.07) is 24.7. The lowest BCUT2D eigenvalue weighted by Gasteiger charge is -2.38. The molecule has 6 rings (SSSR count). The highest BCUT2D eigenvalue weighted by atomic mass is 19.1. The van der Waals surface area contributed by atoms with Crippen LogP contribution in [0.3, 0.4) is 0 Å². The van der Waals surface area contributed by atoms with Crippen molar-refractivity contribution in [1.29, 1.82) is 0 Å². The van der Waals surface area contributed by atoms with Crippen LogP contribution in [0.25, 0.3) is 11.1 Å². The summed E-state index contributed by atoms with van der Waals surface area (Å²) in [5.74, 6) is -0.168. The largest absolute Gasteiger partial charge is 0.368 e. The maximum absolute atomic E-state index is 13.5. The van der Waals surface area contributed by atoms with Crippen molar-refractivity contribution in [3.05, 3.63) is 108 Å². The van der Waals surface area contributed by atoms with E-state index in [-0.39, 0.29) is 23.5 Å². The number of hydrogen-bond acceptors (Lipinski definition) is 6. The van der Waals surface area contributed by atoms with E-state index in [2.05, 4.69) is 50.4 Å². The summed E-state index contributed by atoms with van der Waals surface area (Å²) in [4.78, 5) is 37.0. The van der Waals surface area contributed by atoms with E-state index in [0.717, 1.165) is 79.2 Å². The topological polar surface area (TPSA) is 94.8 Å². The number of aromatic nitrogens is 1. The zero-order valence-electron chi connectivity index (χ0n) is 26.1. The molecule has 0 unspecified atom stereocenters. The van der Waals surface area contributed by atoms with Crippen molar-refractivity contribution in [3.63, 3.8) is 0 Å². The van der Waals surface area contributed by atoms with Gasteiger partial charge in [0.1, 0.15) is 5.82 Å². The molecule has 2 heterocycles. The van der Waals surface area contributed by atoms with Gasteiger partial charge in [-0.15, -0.1) is 0 Å². The first-order valence-electron chi connectivity index (χ1n) is 16.2. The normalized spacial score (nSPS) is 14.9. The molecule has 238 valence electrons. The lowest BCUT2D eigenvalue weighted by atomic mass is 9.85. The van der Waals surface area contributed by atoms with Gasteiger partial charge in [-0.25, -0.2) is 4.39 Å². The van der Waals surface area contributed by atoms with Gasteiger partial charge in [0.25, 0.3) is 5.91 Å². The first-order chi connectivity index (χ1) is 22.5. The SMILES string of the molecule is NCCCN(Cc1cccc(-c2ccc(N3CCN(c4ccc(F)cc4)CC3)c(NC(=O)C3CCC3)c2)c1)C(=O)c1cccnc1. The van der Waals surface area contributed by atoms with E-state index in [1.165, 1.54) is 12.1 Å². The van der Waals surface area contributed by atoms with Crippen molar-refractivity contribution in [1.82, 2.24) is 9.88 Å². The van der Waals surface area contributed by atoms with Gasteiger partial charge in [-0.1, -0.05) is 30.7 Å². The Bertz CT molecular complexity index is 1640. The molecule has 46 heavy (non-hydrogen) atoms. The molecule has 0 atom stereocenters. The quantitative estimate of drug-likeness (QED) is 0.216. The average molecular weight is 621 g/mol. The van der Waals surface area contributed by atoms with E-state index in [1.54, 1.807) is 24.5 Å². The summed E-state index contributed by atoms with van der Waals surface area (Å²) in [7, 11) is 0. The first kappa shape index (κ1) is 31.2. The lowest BCUT2D eigenvalue weighted by molar-refractivity contribution is -0.122. The monoisotopic (exact) mass is 620 g/mol. The lowest BCUT2D eigenvalue weighted by Crippen LogP contribution is -2.46. The minimum absolute atomic E-state index is 0.0620. The molecule has 1 saturated heterocycles. The molecule has 0 bridgehead atoms. The molecule has 1 aliphatic heterocycles. The third-order valence-electron chi connectivity index (χ3n) is 9.00. The molecule has 4 aromatic rings. The molecule has 1 aromatic heterocycles. The average Bonchev–Trinajstić information content (AvgIpc) is 3.06. The molecule has 8 nitrogen and oxygen atoms in total. The fourth-order valence-electron chi connectivity index (χ4n) is 6.13. The second-order valence-corrected chi connectivity index (χ2v) is 12.1. The maximum Gasteiger partial charge on any atom is 0.255 e. The van der Waals surface area contributed by atoms with E-state index in [1.807, 2.05) is 29.2 Å². The van der Waals surface area contributed by atoms with Crippen LogP contribution in [0.1, 0.15) is 41.6 Å². The smallest absolute Gasteiger partial charge is 0.255 e. The number of amides is 2. The van der Waals surface area contributed by atoms with Crippen LogP contribution >= 0.6 is 0 Å². The number of nitrogens with two attached hydrogens (primary N) is 1. The number of nitrogens with zero attached hydrogens (tertiary/aromatic N) is 4. The summed E-state index contributed by atoms with van der Waals surface area (Å²) in [5, 5.41) is 3.27. The number of hydrogen-bond donors (Lipinski definition) is 2. The third-order valence-corrected chi connectivity index (χ3v) is 9.00. The van der Waals surface area contributed by atoms with Crippen molar-refractivity contribution >= 4 is 28.9 Å². The van der Waals surface area contributed by atoms with Crippen LogP contribution in [-0.2, 0) is 11.3 Å². The van der Waals surface area contributed by atoms with Crippen LogP contribution in [0.15, 0.2) is 91.3 Å². The minimum Gasteiger partial charge on any atom is -0.368 e. The molecular weight excluding hydrogens is 579 g/mol. The number of halogens is 1. The van der Waals surface area contributed by atoms with Gasteiger partial charge in [-0.05, 0) is 97.1 Å². The van der Waals surface area contributed by atoms with Crippen molar-refractivity contribution in [2.45, 2.75) is 32.2 Å². The van der Waals surface area contributed by atoms with Gasteiger partial charge < -0.3 is 25.8 Å². The van der Waals surface area contributed by atoms with E-state index in [0.29, 0.717) is 31.6 Å². The molecule has 3 aromatic carbocycles. The summed E-state index contributed by atoms with van der Waals surface area (Å²) in [6.45, 7) is 4.65. The number of nitrogens with one attached hydrogen (secondary N) is 1. The number of rotatable bonds is 11. The van der Waals surface area contributed by atoms with Crippen molar-refractivity contribution < 1.29 is 14.0 Å². The van der Waals surface area contributed by atoms with E-state index in [4.69, 9.17) is 5.73 Å². The van der Waals surface area contributed by atoms with Gasteiger partial charge in [0.15, 0.2) is 0 Å². The fourth-order valence-corrected chi connectivity index (χ4v) is 6.13. The number of pyridine rings is 1. The number of carbonyl (C=O) groups is 2. The standard InChI is InChI=1S/C37H41FN6O2/c38-32-11-13-33(14-12-32)42-19-21-43(22-20-42)35-15-10-30(24-34(35)41-36(45)28-6-2-7-28)29-8-1-5-27(23-29)26-44(18-4-16-39)37(46)31-9-3-17-40-25-31/h1,3,5,8-15,17,23-25,28H,2,4,6-7,16,18-22,26,39H2,(H,41,45). The molecule has 2 fully saturated rings. The van der Waals surface area contributed by atoms with E-state index >= 15 is 0 Å². The third kappa shape index (κ3) is 7.37. The highest BCUT2D eigenvalue weighted by molar-refractivity contribution is 5.97. The second kappa shape index (κ2) is 14.6. The Labute approximate surface area is 270 Å².